The van der Waals surface area contributed by atoms with E-state index in [1.807, 2.05) is 0 Å². The first-order chi connectivity index (χ1) is 13.9. The maximum absolute atomic E-state index is 3.64. The monoisotopic (exact) mass is 446 g/mol. The molecule has 0 spiro atoms. The van der Waals surface area contributed by atoms with Gasteiger partial charge in [0.15, 0.2) is 0 Å². The molecular weight excluding hydrogens is 420 g/mol. The van der Waals surface area contributed by atoms with Crippen molar-refractivity contribution in [3.05, 3.63) is 93.5 Å². The summed E-state index contributed by atoms with van der Waals surface area (Å²) in [5.41, 5.74) is 7.12. The third kappa shape index (κ3) is 6.10. The standard InChI is InChI=1S/C26H27BrN2/c1-28(2)25-13-9-20(10-14-25)5-7-22-17-23(19-24(27)18-22)8-6-21-11-15-26(16-12-21)29(3)4/h5-19H,1-4H3/b7-5+,8-6+. The molecule has 3 aromatic carbocycles. The predicted octanol–water partition coefficient (Wildman–Crippen LogP) is 6.92. The second kappa shape index (κ2) is 9.62. The summed E-state index contributed by atoms with van der Waals surface area (Å²) in [4.78, 5) is 4.21. The second-order valence-corrected chi connectivity index (χ2v) is 8.37. The van der Waals surface area contributed by atoms with Gasteiger partial charge in [-0.2, -0.15) is 0 Å². The minimum atomic E-state index is 1.07. The average molecular weight is 447 g/mol. The summed E-state index contributed by atoms with van der Waals surface area (Å²) in [6.07, 6.45) is 8.60. The van der Waals surface area contributed by atoms with Gasteiger partial charge in [0.2, 0.25) is 0 Å². The molecule has 0 aliphatic rings. The Bertz CT molecular complexity index is 918. The van der Waals surface area contributed by atoms with Crippen molar-refractivity contribution in [2.75, 3.05) is 38.0 Å². The van der Waals surface area contributed by atoms with Gasteiger partial charge >= 0.3 is 0 Å². The molecule has 0 bridgehead atoms. The highest BCUT2D eigenvalue weighted by molar-refractivity contribution is 9.10. The van der Waals surface area contributed by atoms with Crippen molar-refractivity contribution >= 4 is 51.6 Å². The van der Waals surface area contributed by atoms with Gasteiger partial charge < -0.3 is 9.80 Å². The third-order valence-electron chi connectivity index (χ3n) is 4.70. The fourth-order valence-electron chi connectivity index (χ4n) is 2.98. The lowest BCUT2D eigenvalue weighted by atomic mass is 10.1. The van der Waals surface area contributed by atoms with Gasteiger partial charge in [-0.3, -0.25) is 0 Å². The van der Waals surface area contributed by atoms with E-state index in [0.29, 0.717) is 0 Å². The normalized spacial score (nSPS) is 11.3. The van der Waals surface area contributed by atoms with Gasteiger partial charge in [-0.25, -0.2) is 0 Å². The van der Waals surface area contributed by atoms with Crippen LogP contribution in [0.3, 0.4) is 0 Å². The fourth-order valence-corrected chi connectivity index (χ4v) is 3.51. The van der Waals surface area contributed by atoms with Crippen LogP contribution in [0, 0.1) is 0 Å². The topological polar surface area (TPSA) is 6.48 Å². The van der Waals surface area contributed by atoms with Crippen molar-refractivity contribution in [2.24, 2.45) is 0 Å². The minimum absolute atomic E-state index is 1.07. The Balaban J connectivity index is 1.75. The first kappa shape index (κ1) is 20.9. The molecule has 0 aromatic heterocycles. The number of nitrogens with zero attached hydrogens (tertiary/aromatic N) is 2. The number of benzene rings is 3. The van der Waals surface area contributed by atoms with Gasteiger partial charge in [0.1, 0.15) is 0 Å². The van der Waals surface area contributed by atoms with Crippen LogP contribution in [0.15, 0.2) is 71.2 Å². The first-order valence-electron chi connectivity index (χ1n) is 9.62. The van der Waals surface area contributed by atoms with Crippen LogP contribution in [-0.4, -0.2) is 28.2 Å². The van der Waals surface area contributed by atoms with E-state index in [1.54, 1.807) is 0 Å². The smallest absolute Gasteiger partial charge is 0.0361 e. The SMILES string of the molecule is CN(C)c1ccc(/C=C/c2cc(Br)cc(/C=C/c3ccc(N(C)C)cc3)c2)cc1. The van der Waals surface area contributed by atoms with Crippen LogP contribution in [0.2, 0.25) is 0 Å². The number of anilines is 2. The minimum Gasteiger partial charge on any atom is -0.378 e. The molecule has 0 aliphatic heterocycles. The Morgan fingerprint density at radius 1 is 0.517 bits per heavy atom. The van der Waals surface area contributed by atoms with E-state index in [-0.39, 0.29) is 0 Å². The van der Waals surface area contributed by atoms with Crippen LogP contribution in [0.1, 0.15) is 22.3 Å². The summed E-state index contributed by atoms with van der Waals surface area (Å²) in [7, 11) is 8.21. The molecule has 0 saturated heterocycles. The zero-order chi connectivity index (χ0) is 20.8. The Hall–Kier alpha value is -2.78. The van der Waals surface area contributed by atoms with E-state index >= 15 is 0 Å². The summed E-state index contributed by atoms with van der Waals surface area (Å²) in [5, 5.41) is 0. The molecule has 0 unspecified atom stereocenters. The van der Waals surface area contributed by atoms with Crippen molar-refractivity contribution in [1.82, 2.24) is 0 Å². The third-order valence-corrected chi connectivity index (χ3v) is 5.16. The summed E-state index contributed by atoms with van der Waals surface area (Å²) < 4.78 is 1.07. The van der Waals surface area contributed by atoms with E-state index in [0.717, 1.165) is 4.47 Å². The molecule has 0 atom stereocenters. The zero-order valence-corrected chi connectivity index (χ0v) is 19.0. The molecule has 0 heterocycles. The van der Waals surface area contributed by atoms with E-state index < -0.39 is 0 Å². The predicted molar refractivity (Wildman–Crippen MR) is 134 cm³/mol. The molecule has 0 radical (unpaired) electrons. The van der Waals surface area contributed by atoms with Crippen LogP contribution in [0.5, 0.6) is 0 Å². The molecule has 148 valence electrons. The van der Waals surface area contributed by atoms with Gasteiger partial charge in [0.25, 0.3) is 0 Å². The molecule has 3 rings (SSSR count). The molecule has 3 heteroatoms. The van der Waals surface area contributed by atoms with Crippen molar-refractivity contribution < 1.29 is 0 Å². The molecule has 2 nitrogen and oxygen atoms in total. The Labute approximate surface area is 182 Å². The van der Waals surface area contributed by atoms with Crippen molar-refractivity contribution in [3.63, 3.8) is 0 Å². The van der Waals surface area contributed by atoms with Crippen molar-refractivity contribution in [2.45, 2.75) is 0 Å². The summed E-state index contributed by atoms with van der Waals surface area (Å²) in [6, 6.07) is 23.6. The molecule has 0 fully saturated rings. The highest BCUT2D eigenvalue weighted by Gasteiger charge is 1.98. The van der Waals surface area contributed by atoms with Crippen LogP contribution >= 0.6 is 15.9 Å². The highest BCUT2D eigenvalue weighted by atomic mass is 79.9. The van der Waals surface area contributed by atoms with Crippen LogP contribution in [0.4, 0.5) is 11.4 Å². The Morgan fingerprint density at radius 3 is 1.21 bits per heavy atom. The summed E-state index contributed by atoms with van der Waals surface area (Å²) >= 11 is 3.64. The lowest BCUT2D eigenvalue weighted by molar-refractivity contribution is 1.13. The quantitative estimate of drug-likeness (QED) is 0.379. The fraction of sp³-hybridized carbons (Fsp3) is 0.154. The van der Waals surface area contributed by atoms with Gasteiger partial charge in [0, 0.05) is 44.0 Å². The molecular formula is C26H27BrN2. The maximum Gasteiger partial charge on any atom is 0.0361 e. The second-order valence-electron chi connectivity index (χ2n) is 7.46. The first-order valence-corrected chi connectivity index (χ1v) is 10.4. The number of halogens is 1. The van der Waals surface area contributed by atoms with Crippen molar-refractivity contribution in [3.8, 4) is 0 Å². The van der Waals surface area contributed by atoms with Gasteiger partial charge in [-0.1, -0.05) is 64.5 Å². The molecule has 29 heavy (non-hydrogen) atoms. The van der Waals surface area contributed by atoms with E-state index in [9.17, 15) is 0 Å². The number of hydrogen-bond acceptors (Lipinski definition) is 2. The molecule has 3 aromatic rings. The number of rotatable bonds is 6. The zero-order valence-electron chi connectivity index (χ0n) is 17.4. The molecule has 0 amide bonds. The lowest BCUT2D eigenvalue weighted by Gasteiger charge is -2.11. The van der Waals surface area contributed by atoms with E-state index in [2.05, 4.69) is 145 Å². The summed E-state index contributed by atoms with van der Waals surface area (Å²) in [5.74, 6) is 0. The van der Waals surface area contributed by atoms with Crippen LogP contribution in [-0.2, 0) is 0 Å². The largest absolute Gasteiger partial charge is 0.378 e. The average Bonchev–Trinajstić information content (AvgIpc) is 2.71. The molecule has 0 saturated carbocycles. The highest BCUT2D eigenvalue weighted by Crippen LogP contribution is 2.21. The molecule has 0 N–H and O–H groups in total. The van der Waals surface area contributed by atoms with Gasteiger partial charge in [-0.05, 0) is 64.7 Å². The molecule has 0 aliphatic carbocycles. The Morgan fingerprint density at radius 2 is 0.862 bits per heavy atom. The van der Waals surface area contributed by atoms with Crippen LogP contribution < -0.4 is 9.80 Å². The van der Waals surface area contributed by atoms with E-state index in [1.165, 1.54) is 33.6 Å². The Kier molecular flexibility index (Phi) is 6.95. The van der Waals surface area contributed by atoms with Crippen molar-refractivity contribution in [1.29, 1.82) is 0 Å². The summed E-state index contributed by atoms with van der Waals surface area (Å²) in [6.45, 7) is 0. The van der Waals surface area contributed by atoms with Gasteiger partial charge in [0.05, 0.1) is 0 Å². The van der Waals surface area contributed by atoms with Gasteiger partial charge in [-0.15, -0.1) is 0 Å². The maximum atomic E-state index is 3.64. The number of hydrogen-bond donors (Lipinski definition) is 0. The lowest BCUT2D eigenvalue weighted by Crippen LogP contribution is -2.07. The van der Waals surface area contributed by atoms with E-state index in [4.69, 9.17) is 0 Å². The van der Waals surface area contributed by atoms with Crippen LogP contribution in [0.25, 0.3) is 24.3 Å².